The predicted molar refractivity (Wildman–Crippen MR) is 54.5 cm³/mol. The van der Waals surface area contributed by atoms with E-state index in [2.05, 4.69) is 0 Å². The van der Waals surface area contributed by atoms with Crippen molar-refractivity contribution in [1.82, 2.24) is 4.90 Å². The molecule has 0 N–H and O–H groups in total. The van der Waals surface area contributed by atoms with Crippen LogP contribution in [0.5, 0.6) is 0 Å². The van der Waals surface area contributed by atoms with Crippen LogP contribution in [0.3, 0.4) is 0 Å². The maximum atomic E-state index is 11.7. The summed E-state index contributed by atoms with van der Waals surface area (Å²) in [6, 6.07) is 0. The van der Waals surface area contributed by atoms with Crippen LogP contribution in [0.4, 0.5) is 0 Å². The second kappa shape index (κ2) is 4.12. The number of rotatable bonds is 0. The summed E-state index contributed by atoms with van der Waals surface area (Å²) in [7, 11) is 1.93. The fourth-order valence-corrected chi connectivity index (χ4v) is 2.51. The molecule has 1 saturated carbocycles. The van der Waals surface area contributed by atoms with Gasteiger partial charge in [-0.2, -0.15) is 0 Å². The molecular formula is C11H21NO. The van der Waals surface area contributed by atoms with E-state index in [-0.39, 0.29) is 5.41 Å². The molecule has 2 heteroatoms. The lowest BCUT2D eigenvalue weighted by Gasteiger charge is -2.19. The smallest absolute Gasteiger partial charge is 0.228 e. The molecule has 2 fully saturated rings. The van der Waals surface area contributed by atoms with Crippen LogP contribution >= 0.6 is 0 Å². The number of nitrogens with zero attached hydrogens (tertiary/aromatic N) is 1. The first-order chi connectivity index (χ1) is 6.25. The molecule has 2 rings (SSSR count). The number of carbonyl (C=O) groups is 1. The van der Waals surface area contributed by atoms with Gasteiger partial charge in [0.25, 0.3) is 0 Å². The zero-order valence-corrected chi connectivity index (χ0v) is 9.10. The highest BCUT2D eigenvalue weighted by molar-refractivity contribution is 5.84. The largest absolute Gasteiger partial charge is 0.345 e. The number of hydrogen-bond donors (Lipinski definition) is 0. The molecule has 1 amide bonds. The molecule has 13 heavy (non-hydrogen) atoms. The number of amides is 1. The van der Waals surface area contributed by atoms with E-state index in [0.29, 0.717) is 5.91 Å². The van der Waals surface area contributed by atoms with Gasteiger partial charge < -0.3 is 4.90 Å². The van der Waals surface area contributed by atoms with Crippen LogP contribution in [-0.4, -0.2) is 24.4 Å². The average molecular weight is 183 g/mol. The summed E-state index contributed by atoms with van der Waals surface area (Å²) in [5.41, 5.74) is 0.106. The third kappa shape index (κ3) is 1.72. The molecule has 76 valence electrons. The van der Waals surface area contributed by atoms with Gasteiger partial charge in [0.2, 0.25) is 5.91 Å². The molecule has 0 bridgehead atoms. The third-order valence-corrected chi connectivity index (χ3v) is 3.29. The first-order valence-electron chi connectivity index (χ1n) is 5.50. The van der Waals surface area contributed by atoms with Crippen LogP contribution in [0.15, 0.2) is 0 Å². The predicted octanol–water partition coefficient (Wildman–Crippen LogP) is 2.44. The zero-order chi connectivity index (χ0) is 9.90. The van der Waals surface area contributed by atoms with Gasteiger partial charge in [0.15, 0.2) is 0 Å². The van der Waals surface area contributed by atoms with Gasteiger partial charge in [-0.05, 0) is 19.3 Å². The highest BCUT2D eigenvalue weighted by Gasteiger charge is 2.46. The second-order valence-electron chi connectivity index (χ2n) is 3.96. The van der Waals surface area contributed by atoms with Gasteiger partial charge >= 0.3 is 0 Å². The normalized spacial score (nSPS) is 24.8. The second-order valence-corrected chi connectivity index (χ2v) is 3.96. The molecule has 0 atom stereocenters. The Balaban J connectivity index is 0.000000396. The summed E-state index contributed by atoms with van der Waals surface area (Å²) >= 11 is 0. The van der Waals surface area contributed by atoms with E-state index in [4.69, 9.17) is 0 Å². The fourth-order valence-electron chi connectivity index (χ4n) is 2.51. The van der Waals surface area contributed by atoms with E-state index in [1.54, 1.807) is 0 Å². The Labute approximate surface area is 81.3 Å². The topological polar surface area (TPSA) is 20.3 Å². The number of likely N-dealkylation sites (tertiary alicyclic amines) is 1. The minimum absolute atomic E-state index is 0.106. The summed E-state index contributed by atoms with van der Waals surface area (Å²) in [5.74, 6) is 0.412. The summed E-state index contributed by atoms with van der Waals surface area (Å²) in [5, 5.41) is 0. The molecule has 0 aromatic heterocycles. The van der Waals surface area contributed by atoms with Crippen LogP contribution < -0.4 is 0 Å². The van der Waals surface area contributed by atoms with Gasteiger partial charge in [-0.1, -0.05) is 26.7 Å². The van der Waals surface area contributed by atoms with E-state index in [1.165, 1.54) is 12.8 Å². The lowest BCUT2D eigenvalue weighted by molar-refractivity contribution is -0.134. The first kappa shape index (κ1) is 10.6. The van der Waals surface area contributed by atoms with Crippen LogP contribution in [0.2, 0.25) is 0 Å². The average Bonchev–Trinajstić information content (AvgIpc) is 2.74. The molecule has 1 saturated heterocycles. The Kier molecular flexibility index (Phi) is 3.34. The van der Waals surface area contributed by atoms with E-state index >= 15 is 0 Å². The summed E-state index contributed by atoms with van der Waals surface area (Å²) < 4.78 is 0. The van der Waals surface area contributed by atoms with Crippen molar-refractivity contribution in [2.75, 3.05) is 13.6 Å². The minimum Gasteiger partial charge on any atom is -0.345 e. The van der Waals surface area contributed by atoms with Gasteiger partial charge in [0.1, 0.15) is 0 Å². The Bertz CT molecular complexity index is 183. The van der Waals surface area contributed by atoms with Gasteiger partial charge in [-0.15, -0.1) is 0 Å². The van der Waals surface area contributed by atoms with Crippen molar-refractivity contribution >= 4 is 5.91 Å². The van der Waals surface area contributed by atoms with Crippen molar-refractivity contribution in [3.8, 4) is 0 Å². The lowest BCUT2D eigenvalue weighted by Crippen LogP contribution is -2.29. The van der Waals surface area contributed by atoms with Crippen LogP contribution in [0, 0.1) is 5.41 Å². The SMILES string of the molecule is CC.CN1CCC2(CCCC2)C1=O. The first-order valence-corrected chi connectivity index (χ1v) is 5.50. The number of hydrogen-bond acceptors (Lipinski definition) is 1. The maximum Gasteiger partial charge on any atom is 0.228 e. The third-order valence-electron chi connectivity index (χ3n) is 3.29. The Morgan fingerprint density at radius 2 is 1.69 bits per heavy atom. The van der Waals surface area contributed by atoms with Crippen molar-refractivity contribution in [3.05, 3.63) is 0 Å². The zero-order valence-electron chi connectivity index (χ0n) is 9.10. The van der Waals surface area contributed by atoms with Gasteiger partial charge in [-0.25, -0.2) is 0 Å². The molecule has 0 unspecified atom stereocenters. The molecule has 1 aliphatic carbocycles. The van der Waals surface area contributed by atoms with Gasteiger partial charge in [-0.3, -0.25) is 4.79 Å². The quantitative estimate of drug-likeness (QED) is 0.565. The molecule has 0 aromatic carbocycles. The van der Waals surface area contributed by atoms with Crippen molar-refractivity contribution in [2.24, 2.45) is 5.41 Å². The van der Waals surface area contributed by atoms with E-state index < -0.39 is 0 Å². The summed E-state index contributed by atoms with van der Waals surface area (Å²) in [6.07, 6.45) is 5.94. The fraction of sp³-hybridized carbons (Fsp3) is 0.909. The minimum atomic E-state index is 0.106. The van der Waals surface area contributed by atoms with Crippen LogP contribution in [-0.2, 0) is 4.79 Å². The molecule has 2 aliphatic rings. The van der Waals surface area contributed by atoms with E-state index in [1.807, 2.05) is 25.8 Å². The molecule has 1 aliphatic heterocycles. The van der Waals surface area contributed by atoms with E-state index in [9.17, 15) is 4.79 Å². The standard InChI is InChI=1S/C9H15NO.C2H6/c1-10-7-6-9(8(10)11)4-2-3-5-9;1-2/h2-7H2,1H3;1-2H3. The Morgan fingerprint density at radius 1 is 1.15 bits per heavy atom. The lowest BCUT2D eigenvalue weighted by atomic mass is 9.85. The van der Waals surface area contributed by atoms with Crippen molar-refractivity contribution in [2.45, 2.75) is 46.0 Å². The maximum absolute atomic E-state index is 11.7. The summed E-state index contributed by atoms with van der Waals surface area (Å²) in [6.45, 7) is 4.98. The highest BCUT2D eigenvalue weighted by Crippen LogP contribution is 2.45. The van der Waals surface area contributed by atoms with Crippen molar-refractivity contribution < 1.29 is 4.79 Å². The van der Waals surface area contributed by atoms with Crippen molar-refractivity contribution in [1.29, 1.82) is 0 Å². The summed E-state index contributed by atoms with van der Waals surface area (Å²) in [4.78, 5) is 13.5. The monoisotopic (exact) mass is 183 g/mol. The Morgan fingerprint density at radius 3 is 2.08 bits per heavy atom. The van der Waals surface area contributed by atoms with E-state index in [0.717, 1.165) is 25.8 Å². The molecule has 1 heterocycles. The number of carbonyl (C=O) groups excluding carboxylic acids is 1. The highest BCUT2D eigenvalue weighted by atomic mass is 16.2. The molecule has 0 aromatic rings. The molecule has 1 spiro atoms. The van der Waals surface area contributed by atoms with Gasteiger partial charge in [0.05, 0.1) is 5.41 Å². The van der Waals surface area contributed by atoms with Crippen LogP contribution in [0.1, 0.15) is 46.0 Å². The van der Waals surface area contributed by atoms with Crippen molar-refractivity contribution in [3.63, 3.8) is 0 Å². The molecule has 0 radical (unpaired) electrons. The Hall–Kier alpha value is -0.530. The van der Waals surface area contributed by atoms with Crippen LogP contribution in [0.25, 0.3) is 0 Å². The molecule has 2 nitrogen and oxygen atoms in total. The molecular weight excluding hydrogens is 162 g/mol. The van der Waals surface area contributed by atoms with Gasteiger partial charge in [0, 0.05) is 13.6 Å².